The highest BCUT2D eigenvalue weighted by atomic mass is 16.5. The summed E-state index contributed by atoms with van der Waals surface area (Å²) in [5.41, 5.74) is 3.68. The van der Waals surface area contributed by atoms with E-state index in [1.165, 1.54) is 0 Å². The van der Waals surface area contributed by atoms with Gasteiger partial charge in [0.05, 0.1) is 30.9 Å². The van der Waals surface area contributed by atoms with Gasteiger partial charge in [0.1, 0.15) is 5.75 Å². The van der Waals surface area contributed by atoms with Crippen LogP contribution in [0.15, 0.2) is 55.1 Å². The predicted molar refractivity (Wildman–Crippen MR) is 89.6 cm³/mol. The molecule has 0 saturated carbocycles. The highest BCUT2D eigenvalue weighted by Crippen LogP contribution is 2.15. The van der Waals surface area contributed by atoms with Gasteiger partial charge in [0, 0.05) is 30.1 Å². The van der Waals surface area contributed by atoms with Crippen molar-refractivity contribution in [1.29, 1.82) is 0 Å². The lowest BCUT2D eigenvalue weighted by Crippen LogP contribution is -1.99. The molecule has 0 fully saturated rings. The van der Waals surface area contributed by atoms with Crippen molar-refractivity contribution >= 4 is 5.69 Å². The maximum Gasteiger partial charge on any atom is 0.119 e. The van der Waals surface area contributed by atoms with E-state index in [9.17, 15) is 0 Å². The number of ether oxygens (including phenoxy) is 1. The fourth-order valence-corrected chi connectivity index (χ4v) is 2.15. The molecule has 0 bridgehead atoms. The lowest BCUT2D eigenvalue weighted by molar-refractivity contribution is 0.414. The van der Waals surface area contributed by atoms with Gasteiger partial charge >= 0.3 is 0 Å². The van der Waals surface area contributed by atoms with Crippen LogP contribution in [0.2, 0.25) is 0 Å². The van der Waals surface area contributed by atoms with Crippen molar-refractivity contribution in [3.8, 4) is 23.8 Å². The van der Waals surface area contributed by atoms with Crippen molar-refractivity contribution in [2.75, 3.05) is 12.4 Å². The lowest BCUT2D eigenvalue weighted by Gasteiger charge is -2.05. The molecule has 5 nitrogen and oxygen atoms in total. The maximum atomic E-state index is 5.37. The summed E-state index contributed by atoms with van der Waals surface area (Å²) in [7, 11) is 1.65. The van der Waals surface area contributed by atoms with Gasteiger partial charge in [0.25, 0.3) is 0 Å². The SMILES string of the molecule is C#Cc1cncc(NCc2cnn(-c3ccc(OC)cc3)c2)c1. The smallest absolute Gasteiger partial charge is 0.119 e. The molecule has 2 heterocycles. The van der Waals surface area contributed by atoms with Crippen LogP contribution in [0.4, 0.5) is 5.69 Å². The number of aromatic nitrogens is 3. The van der Waals surface area contributed by atoms with Gasteiger partial charge in [0.2, 0.25) is 0 Å². The molecule has 0 aliphatic heterocycles. The van der Waals surface area contributed by atoms with Crippen molar-refractivity contribution in [2.24, 2.45) is 0 Å². The third-order valence-electron chi connectivity index (χ3n) is 3.37. The van der Waals surface area contributed by atoms with E-state index in [-0.39, 0.29) is 0 Å². The van der Waals surface area contributed by atoms with E-state index in [0.717, 1.165) is 28.3 Å². The normalized spacial score (nSPS) is 10.1. The summed E-state index contributed by atoms with van der Waals surface area (Å²) in [4.78, 5) is 4.10. The van der Waals surface area contributed by atoms with Crippen LogP contribution in [-0.2, 0) is 6.54 Å². The zero-order valence-corrected chi connectivity index (χ0v) is 12.7. The molecule has 0 aliphatic rings. The van der Waals surface area contributed by atoms with Crippen LogP contribution in [0.1, 0.15) is 11.1 Å². The van der Waals surface area contributed by atoms with Gasteiger partial charge in [-0.3, -0.25) is 4.98 Å². The topological polar surface area (TPSA) is 52.0 Å². The Morgan fingerprint density at radius 2 is 2.04 bits per heavy atom. The van der Waals surface area contributed by atoms with Crippen LogP contribution < -0.4 is 10.1 Å². The second-order valence-electron chi connectivity index (χ2n) is 4.95. The van der Waals surface area contributed by atoms with E-state index in [1.807, 2.05) is 47.4 Å². The molecular weight excluding hydrogens is 288 g/mol. The number of benzene rings is 1. The van der Waals surface area contributed by atoms with Crippen LogP contribution in [0.3, 0.4) is 0 Å². The van der Waals surface area contributed by atoms with Crippen molar-refractivity contribution in [3.05, 3.63) is 66.2 Å². The fraction of sp³-hybridized carbons (Fsp3) is 0.111. The quantitative estimate of drug-likeness (QED) is 0.736. The van der Waals surface area contributed by atoms with Gasteiger partial charge in [-0.05, 0) is 30.3 Å². The molecule has 114 valence electrons. The minimum absolute atomic E-state index is 0.645. The number of anilines is 1. The van der Waals surface area contributed by atoms with E-state index in [0.29, 0.717) is 6.54 Å². The Labute approximate surface area is 134 Å². The molecule has 0 spiro atoms. The van der Waals surface area contributed by atoms with E-state index in [4.69, 9.17) is 11.2 Å². The van der Waals surface area contributed by atoms with Gasteiger partial charge in [-0.15, -0.1) is 6.42 Å². The van der Waals surface area contributed by atoms with Crippen molar-refractivity contribution in [2.45, 2.75) is 6.54 Å². The summed E-state index contributed by atoms with van der Waals surface area (Å²) >= 11 is 0. The molecule has 0 aliphatic carbocycles. The number of terminal acetylenes is 1. The van der Waals surface area contributed by atoms with E-state index < -0.39 is 0 Å². The summed E-state index contributed by atoms with van der Waals surface area (Å²) in [6.07, 6.45) is 12.6. The molecular formula is C18H16N4O. The summed E-state index contributed by atoms with van der Waals surface area (Å²) in [6, 6.07) is 9.63. The first-order valence-electron chi connectivity index (χ1n) is 7.12. The molecule has 3 aromatic rings. The first-order chi connectivity index (χ1) is 11.3. The molecule has 0 amide bonds. The second-order valence-corrected chi connectivity index (χ2v) is 4.95. The number of hydrogen-bond acceptors (Lipinski definition) is 4. The Bertz CT molecular complexity index is 831. The average molecular weight is 304 g/mol. The molecule has 23 heavy (non-hydrogen) atoms. The predicted octanol–water partition coefficient (Wildman–Crippen LogP) is 2.87. The Morgan fingerprint density at radius 1 is 1.22 bits per heavy atom. The van der Waals surface area contributed by atoms with Crippen molar-refractivity contribution < 1.29 is 4.74 Å². The standard InChI is InChI=1S/C18H16N4O/c1-3-14-8-16(12-19-9-14)20-10-15-11-21-22(13-15)17-4-6-18(23-2)7-5-17/h1,4-9,11-13,20H,10H2,2H3. The molecule has 0 radical (unpaired) electrons. The summed E-state index contributed by atoms with van der Waals surface area (Å²) in [6.45, 7) is 0.645. The summed E-state index contributed by atoms with van der Waals surface area (Å²) in [5, 5.41) is 7.66. The Morgan fingerprint density at radius 3 is 2.78 bits per heavy atom. The van der Waals surface area contributed by atoms with Crippen LogP contribution in [0.5, 0.6) is 5.75 Å². The largest absolute Gasteiger partial charge is 0.497 e. The van der Waals surface area contributed by atoms with Gasteiger partial charge in [-0.2, -0.15) is 5.10 Å². The van der Waals surface area contributed by atoms with Crippen LogP contribution in [0, 0.1) is 12.3 Å². The highest BCUT2D eigenvalue weighted by Gasteiger charge is 2.02. The molecule has 1 N–H and O–H groups in total. The Balaban J connectivity index is 1.68. The summed E-state index contributed by atoms with van der Waals surface area (Å²) in [5.74, 6) is 3.39. The van der Waals surface area contributed by atoms with Crippen LogP contribution in [0.25, 0.3) is 5.69 Å². The van der Waals surface area contributed by atoms with Gasteiger partial charge in [-0.25, -0.2) is 4.68 Å². The highest BCUT2D eigenvalue weighted by molar-refractivity contribution is 5.47. The first-order valence-corrected chi connectivity index (χ1v) is 7.12. The first kappa shape index (κ1) is 14.7. The zero-order chi connectivity index (χ0) is 16.1. The van der Waals surface area contributed by atoms with E-state index in [1.54, 1.807) is 19.5 Å². The molecule has 2 aromatic heterocycles. The average Bonchev–Trinajstić information content (AvgIpc) is 3.09. The lowest BCUT2D eigenvalue weighted by atomic mass is 10.2. The molecule has 0 unspecified atom stereocenters. The summed E-state index contributed by atoms with van der Waals surface area (Å²) < 4.78 is 6.98. The van der Waals surface area contributed by atoms with Gasteiger partial charge in [-0.1, -0.05) is 5.92 Å². The molecule has 1 aromatic carbocycles. The second kappa shape index (κ2) is 6.67. The van der Waals surface area contributed by atoms with Crippen molar-refractivity contribution in [3.63, 3.8) is 0 Å². The molecule has 0 saturated heterocycles. The monoisotopic (exact) mass is 304 g/mol. The van der Waals surface area contributed by atoms with E-state index >= 15 is 0 Å². The minimum atomic E-state index is 0.645. The fourth-order valence-electron chi connectivity index (χ4n) is 2.15. The number of nitrogens with zero attached hydrogens (tertiary/aromatic N) is 3. The van der Waals surface area contributed by atoms with Gasteiger partial charge < -0.3 is 10.1 Å². The van der Waals surface area contributed by atoms with E-state index in [2.05, 4.69) is 21.3 Å². The third-order valence-corrected chi connectivity index (χ3v) is 3.37. The number of pyridine rings is 1. The van der Waals surface area contributed by atoms with Crippen molar-refractivity contribution in [1.82, 2.24) is 14.8 Å². The number of nitrogens with one attached hydrogen (secondary N) is 1. The Hall–Kier alpha value is -3.26. The van der Waals surface area contributed by atoms with Crippen LogP contribution >= 0.6 is 0 Å². The number of rotatable bonds is 5. The Kier molecular flexibility index (Phi) is 4.25. The number of hydrogen-bond donors (Lipinski definition) is 1. The maximum absolute atomic E-state index is 5.37. The number of methoxy groups -OCH3 is 1. The van der Waals surface area contributed by atoms with Gasteiger partial charge in [0.15, 0.2) is 0 Å². The molecule has 3 rings (SSSR count). The minimum Gasteiger partial charge on any atom is -0.497 e. The zero-order valence-electron chi connectivity index (χ0n) is 12.7. The molecule has 5 heteroatoms. The van der Waals surface area contributed by atoms with Crippen LogP contribution in [-0.4, -0.2) is 21.9 Å². The molecule has 0 atom stereocenters. The third kappa shape index (κ3) is 3.50.